The average molecular weight is 268 g/mol. The van der Waals surface area contributed by atoms with Crippen LogP contribution in [0.3, 0.4) is 0 Å². The smallest absolute Gasteiger partial charge is 0.0328 e. The number of likely N-dealkylation sites (N-methyl/N-ethyl adjacent to an activating group) is 1. The molecule has 1 atom stereocenters. The number of hydrogen-bond acceptors (Lipinski definition) is 3. The summed E-state index contributed by atoms with van der Waals surface area (Å²) in [6, 6.07) is 4.98. The summed E-state index contributed by atoms with van der Waals surface area (Å²) in [5.74, 6) is 0. The Morgan fingerprint density at radius 2 is 2.11 bits per heavy atom. The molecular weight excluding hydrogens is 240 g/mol. The molecule has 0 saturated heterocycles. The summed E-state index contributed by atoms with van der Waals surface area (Å²) in [6.45, 7) is 11.1. The van der Waals surface area contributed by atoms with Crippen LogP contribution in [0.4, 0.5) is 0 Å². The Labute approximate surface area is 116 Å². The fourth-order valence-electron chi connectivity index (χ4n) is 2.01. The Balaban J connectivity index is 2.49. The van der Waals surface area contributed by atoms with Crippen LogP contribution in [0.2, 0.25) is 0 Å². The molecule has 2 nitrogen and oxygen atoms in total. The lowest BCUT2D eigenvalue weighted by atomic mass is 10.1. The van der Waals surface area contributed by atoms with Crippen molar-refractivity contribution in [3.8, 4) is 0 Å². The van der Waals surface area contributed by atoms with Gasteiger partial charge in [0.05, 0.1) is 0 Å². The highest BCUT2D eigenvalue weighted by atomic mass is 32.1. The van der Waals surface area contributed by atoms with Crippen molar-refractivity contribution >= 4 is 11.3 Å². The van der Waals surface area contributed by atoms with Gasteiger partial charge in [-0.15, -0.1) is 11.3 Å². The average Bonchev–Trinajstić information content (AvgIpc) is 2.75. The van der Waals surface area contributed by atoms with Gasteiger partial charge in [-0.2, -0.15) is 0 Å². The Morgan fingerprint density at radius 1 is 1.39 bits per heavy atom. The second-order valence-corrected chi connectivity index (χ2v) is 7.10. The lowest BCUT2D eigenvalue weighted by molar-refractivity contribution is 0.204. The normalized spacial score (nSPS) is 14.1. The van der Waals surface area contributed by atoms with Crippen molar-refractivity contribution in [3.63, 3.8) is 0 Å². The highest BCUT2D eigenvalue weighted by Crippen LogP contribution is 2.15. The molecule has 1 aromatic rings. The summed E-state index contributed by atoms with van der Waals surface area (Å²) in [5, 5.41) is 5.79. The molecule has 0 aliphatic heterocycles. The van der Waals surface area contributed by atoms with Crippen LogP contribution >= 0.6 is 11.3 Å². The first-order chi connectivity index (χ1) is 8.42. The fourth-order valence-corrected chi connectivity index (χ4v) is 2.78. The molecule has 0 radical (unpaired) electrons. The summed E-state index contributed by atoms with van der Waals surface area (Å²) in [7, 11) is 2.24. The second kappa shape index (κ2) is 7.27. The Hall–Kier alpha value is -0.380. The van der Waals surface area contributed by atoms with Crippen molar-refractivity contribution < 1.29 is 0 Å². The summed E-state index contributed by atoms with van der Waals surface area (Å²) in [6.07, 6.45) is 2.50. The molecule has 0 bridgehead atoms. The first-order valence-electron chi connectivity index (χ1n) is 6.90. The summed E-state index contributed by atoms with van der Waals surface area (Å²) >= 11 is 1.85. The number of hydrogen-bond donors (Lipinski definition) is 1. The summed E-state index contributed by atoms with van der Waals surface area (Å²) in [4.78, 5) is 3.93. The molecule has 1 heterocycles. The molecule has 18 heavy (non-hydrogen) atoms. The molecule has 0 saturated carbocycles. The van der Waals surface area contributed by atoms with Crippen LogP contribution in [0.15, 0.2) is 17.5 Å². The minimum Gasteiger partial charge on any atom is -0.311 e. The van der Waals surface area contributed by atoms with Crippen molar-refractivity contribution in [2.24, 2.45) is 0 Å². The van der Waals surface area contributed by atoms with E-state index in [0.29, 0.717) is 6.04 Å². The van der Waals surface area contributed by atoms with Crippen LogP contribution in [-0.4, -0.2) is 30.1 Å². The first-order valence-corrected chi connectivity index (χ1v) is 7.78. The topological polar surface area (TPSA) is 15.3 Å². The van der Waals surface area contributed by atoms with Crippen molar-refractivity contribution in [1.29, 1.82) is 0 Å². The molecule has 1 aromatic heterocycles. The molecule has 0 aliphatic rings. The van der Waals surface area contributed by atoms with E-state index < -0.39 is 0 Å². The number of rotatable bonds is 7. The van der Waals surface area contributed by atoms with E-state index in [1.807, 2.05) is 11.3 Å². The molecule has 0 aliphatic carbocycles. The zero-order valence-electron chi connectivity index (χ0n) is 12.5. The fraction of sp³-hybridized carbons (Fsp3) is 0.733. The van der Waals surface area contributed by atoms with E-state index in [2.05, 4.69) is 62.5 Å². The van der Waals surface area contributed by atoms with E-state index in [-0.39, 0.29) is 5.54 Å². The monoisotopic (exact) mass is 268 g/mol. The standard InChI is InChI=1S/C15H28N2S/c1-6-8-13(11-16-15(2,3)4)17(5)12-14-9-7-10-18-14/h7,9-10,13,16H,6,8,11-12H2,1-5H3. The largest absolute Gasteiger partial charge is 0.311 e. The molecule has 104 valence electrons. The Bertz CT molecular complexity index is 314. The maximum absolute atomic E-state index is 3.63. The van der Waals surface area contributed by atoms with E-state index in [1.54, 1.807) is 0 Å². The molecule has 3 heteroatoms. The quantitative estimate of drug-likeness (QED) is 0.810. The molecule has 0 amide bonds. The van der Waals surface area contributed by atoms with E-state index in [0.717, 1.165) is 13.1 Å². The Morgan fingerprint density at radius 3 is 2.61 bits per heavy atom. The van der Waals surface area contributed by atoms with E-state index >= 15 is 0 Å². The van der Waals surface area contributed by atoms with Crippen LogP contribution in [0, 0.1) is 0 Å². The highest BCUT2D eigenvalue weighted by Gasteiger charge is 2.17. The third-order valence-corrected chi connectivity index (χ3v) is 3.96. The number of thiophene rings is 1. The van der Waals surface area contributed by atoms with Gasteiger partial charge in [0.15, 0.2) is 0 Å². The zero-order chi connectivity index (χ0) is 13.6. The molecule has 1 unspecified atom stereocenters. The van der Waals surface area contributed by atoms with Gasteiger partial charge in [-0.25, -0.2) is 0 Å². The van der Waals surface area contributed by atoms with E-state index in [1.165, 1.54) is 17.7 Å². The van der Waals surface area contributed by atoms with Crippen LogP contribution in [0.5, 0.6) is 0 Å². The number of nitrogens with one attached hydrogen (secondary N) is 1. The van der Waals surface area contributed by atoms with Gasteiger partial charge in [-0.05, 0) is 45.7 Å². The first kappa shape index (κ1) is 15.7. The minimum atomic E-state index is 0.204. The van der Waals surface area contributed by atoms with Crippen LogP contribution in [0.25, 0.3) is 0 Å². The van der Waals surface area contributed by atoms with Gasteiger partial charge in [0.25, 0.3) is 0 Å². The van der Waals surface area contributed by atoms with Gasteiger partial charge < -0.3 is 5.32 Å². The third kappa shape index (κ3) is 5.98. The SMILES string of the molecule is CCCC(CNC(C)(C)C)N(C)Cc1cccs1. The molecule has 0 fully saturated rings. The van der Waals surface area contributed by atoms with Gasteiger partial charge in [-0.3, -0.25) is 4.90 Å². The van der Waals surface area contributed by atoms with Gasteiger partial charge >= 0.3 is 0 Å². The summed E-state index contributed by atoms with van der Waals surface area (Å²) in [5.41, 5.74) is 0.204. The van der Waals surface area contributed by atoms with Crippen molar-refractivity contribution in [2.45, 2.75) is 58.7 Å². The van der Waals surface area contributed by atoms with Crippen molar-refractivity contribution in [2.75, 3.05) is 13.6 Å². The predicted molar refractivity (Wildman–Crippen MR) is 82.2 cm³/mol. The lowest BCUT2D eigenvalue weighted by Gasteiger charge is -2.31. The second-order valence-electron chi connectivity index (χ2n) is 6.07. The molecule has 0 spiro atoms. The lowest BCUT2D eigenvalue weighted by Crippen LogP contribution is -2.46. The van der Waals surface area contributed by atoms with Crippen molar-refractivity contribution in [3.05, 3.63) is 22.4 Å². The van der Waals surface area contributed by atoms with Crippen LogP contribution in [0.1, 0.15) is 45.4 Å². The summed E-state index contributed by atoms with van der Waals surface area (Å²) < 4.78 is 0. The minimum absolute atomic E-state index is 0.204. The molecule has 1 rings (SSSR count). The maximum Gasteiger partial charge on any atom is 0.0328 e. The highest BCUT2D eigenvalue weighted by molar-refractivity contribution is 7.09. The third-order valence-electron chi connectivity index (χ3n) is 3.10. The van der Waals surface area contributed by atoms with Crippen molar-refractivity contribution in [1.82, 2.24) is 10.2 Å². The van der Waals surface area contributed by atoms with Gasteiger partial charge in [0.1, 0.15) is 0 Å². The molecule has 1 N–H and O–H groups in total. The zero-order valence-corrected chi connectivity index (χ0v) is 13.3. The van der Waals surface area contributed by atoms with Gasteiger partial charge in [0.2, 0.25) is 0 Å². The maximum atomic E-state index is 3.63. The van der Waals surface area contributed by atoms with E-state index in [9.17, 15) is 0 Å². The number of nitrogens with zero attached hydrogens (tertiary/aromatic N) is 1. The molecule has 0 aromatic carbocycles. The van der Waals surface area contributed by atoms with Crippen LogP contribution in [-0.2, 0) is 6.54 Å². The van der Waals surface area contributed by atoms with Gasteiger partial charge in [0, 0.05) is 29.5 Å². The Kier molecular flexibility index (Phi) is 6.33. The van der Waals surface area contributed by atoms with Gasteiger partial charge in [-0.1, -0.05) is 19.4 Å². The van der Waals surface area contributed by atoms with Crippen LogP contribution < -0.4 is 5.32 Å². The predicted octanol–water partition coefficient (Wildman–Crippen LogP) is 3.74. The molecular formula is C15H28N2S. The van der Waals surface area contributed by atoms with E-state index in [4.69, 9.17) is 0 Å².